The Morgan fingerprint density at radius 3 is 1.95 bits per heavy atom. The highest BCUT2D eigenvalue weighted by Gasteiger charge is 2.27. The van der Waals surface area contributed by atoms with Crippen LogP contribution in [0.5, 0.6) is 0 Å². The summed E-state index contributed by atoms with van der Waals surface area (Å²) in [7, 11) is -4.75. The number of ketones is 1. The van der Waals surface area contributed by atoms with Gasteiger partial charge in [0.05, 0.1) is 0 Å². The van der Waals surface area contributed by atoms with E-state index < -0.39 is 22.3 Å². The summed E-state index contributed by atoms with van der Waals surface area (Å²) in [5, 5.41) is 0. The molecule has 1 N–H and O–H groups in total. The van der Waals surface area contributed by atoms with E-state index in [1.807, 2.05) is 0 Å². The zero-order valence-electron chi connectivity index (χ0n) is 10.3. The van der Waals surface area contributed by atoms with Crippen LogP contribution in [-0.2, 0) is 14.6 Å². The lowest BCUT2D eigenvalue weighted by molar-refractivity contribution is 0.0778. The molecule has 1 unspecified atom stereocenters. The van der Waals surface area contributed by atoms with Gasteiger partial charge in [0.15, 0.2) is 11.9 Å². The molecule has 6 heteroatoms. The summed E-state index contributed by atoms with van der Waals surface area (Å²) in [4.78, 5) is 12.3. The molecule has 0 aromatic heterocycles. The van der Waals surface area contributed by atoms with Crippen LogP contribution >= 0.6 is 0 Å². The second-order valence-corrected chi connectivity index (χ2v) is 5.09. The fraction of sp³-hybridized carbons (Fsp3) is 0.0714. The standard InChI is InChI=1S/C14H12O5S/c15-13(11-7-3-1-4-8-11)14(19-20(16,17)18)12-9-5-2-6-10-12/h1-10,14H,(H,16,17,18). The summed E-state index contributed by atoms with van der Waals surface area (Å²) < 4.78 is 35.2. The largest absolute Gasteiger partial charge is 0.398 e. The summed E-state index contributed by atoms with van der Waals surface area (Å²) >= 11 is 0. The van der Waals surface area contributed by atoms with Gasteiger partial charge in [-0.2, -0.15) is 8.42 Å². The Hall–Kier alpha value is -2.02. The van der Waals surface area contributed by atoms with Crippen LogP contribution in [0.3, 0.4) is 0 Å². The van der Waals surface area contributed by atoms with Crippen molar-refractivity contribution in [3.8, 4) is 0 Å². The fourth-order valence-electron chi connectivity index (χ4n) is 1.75. The number of Topliss-reactive ketones (excluding diaryl/α,β-unsaturated/α-hetero) is 1. The third-order valence-corrected chi connectivity index (χ3v) is 3.05. The van der Waals surface area contributed by atoms with Crippen molar-refractivity contribution in [2.24, 2.45) is 0 Å². The van der Waals surface area contributed by atoms with Crippen molar-refractivity contribution in [2.45, 2.75) is 6.10 Å². The van der Waals surface area contributed by atoms with E-state index in [0.29, 0.717) is 11.1 Å². The number of carbonyl (C=O) groups excluding carboxylic acids is 1. The molecule has 1 atom stereocenters. The second-order valence-electron chi connectivity index (χ2n) is 4.04. The van der Waals surface area contributed by atoms with Crippen molar-refractivity contribution in [3.05, 3.63) is 71.8 Å². The molecular weight excluding hydrogens is 280 g/mol. The first-order valence-corrected chi connectivity index (χ1v) is 7.14. The summed E-state index contributed by atoms with van der Waals surface area (Å²) in [6.45, 7) is 0. The quantitative estimate of drug-likeness (QED) is 0.676. The first-order chi connectivity index (χ1) is 9.47. The Labute approximate surface area is 116 Å². The average molecular weight is 292 g/mol. The first-order valence-electron chi connectivity index (χ1n) is 5.77. The van der Waals surface area contributed by atoms with E-state index >= 15 is 0 Å². The van der Waals surface area contributed by atoms with Crippen molar-refractivity contribution < 1.29 is 21.9 Å². The molecule has 0 aliphatic rings. The van der Waals surface area contributed by atoms with Crippen LogP contribution in [0.1, 0.15) is 22.0 Å². The molecule has 0 aliphatic carbocycles. The molecule has 2 aromatic rings. The SMILES string of the molecule is O=C(c1ccccc1)C(OS(=O)(=O)O)c1ccccc1. The second kappa shape index (κ2) is 5.96. The van der Waals surface area contributed by atoms with E-state index in [1.165, 1.54) is 0 Å². The van der Waals surface area contributed by atoms with Gasteiger partial charge in [0.25, 0.3) is 0 Å². The van der Waals surface area contributed by atoms with Gasteiger partial charge in [-0.25, -0.2) is 4.18 Å². The van der Waals surface area contributed by atoms with Gasteiger partial charge in [-0.05, 0) is 5.56 Å². The van der Waals surface area contributed by atoms with Gasteiger partial charge in [-0.1, -0.05) is 60.7 Å². The summed E-state index contributed by atoms with van der Waals surface area (Å²) in [6.07, 6.45) is -1.41. The van der Waals surface area contributed by atoms with Crippen LogP contribution < -0.4 is 0 Å². The Kier molecular flexibility index (Phi) is 4.29. The van der Waals surface area contributed by atoms with Gasteiger partial charge in [-0.3, -0.25) is 9.35 Å². The van der Waals surface area contributed by atoms with E-state index in [0.717, 1.165) is 0 Å². The molecule has 0 saturated carbocycles. The van der Waals surface area contributed by atoms with Crippen molar-refractivity contribution in [1.29, 1.82) is 0 Å². The number of hydrogen-bond acceptors (Lipinski definition) is 4. The van der Waals surface area contributed by atoms with Crippen molar-refractivity contribution in [2.75, 3.05) is 0 Å². The van der Waals surface area contributed by atoms with Gasteiger partial charge >= 0.3 is 10.4 Å². The molecule has 2 rings (SSSR count). The Morgan fingerprint density at radius 2 is 1.45 bits per heavy atom. The third-order valence-electron chi connectivity index (χ3n) is 2.62. The normalized spacial score (nSPS) is 12.8. The molecule has 0 saturated heterocycles. The summed E-state index contributed by atoms with van der Waals surface area (Å²) in [5.74, 6) is -0.547. The van der Waals surface area contributed by atoms with E-state index in [-0.39, 0.29) is 0 Å². The maximum Gasteiger partial charge on any atom is 0.398 e. The minimum Gasteiger partial charge on any atom is -0.291 e. The molecule has 5 nitrogen and oxygen atoms in total. The zero-order chi connectivity index (χ0) is 14.6. The Balaban J connectivity index is 2.40. The van der Waals surface area contributed by atoms with Crippen molar-refractivity contribution in [1.82, 2.24) is 0 Å². The highest BCUT2D eigenvalue weighted by Crippen LogP contribution is 2.23. The fourth-order valence-corrected chi connectivity index (χ4v) is 2.20. The molecule has 2 aromatic carbocycles. The minimum atomic E-state index is -4.75. The average Bonchev–Trinajstić information content (AvgIpc) is 2.45. The van der Waals surface area contributed by atoms with Gasteiger partial charge in [0.2, 0.25) is 0 Å². The zero-order valence-corrected chi connectivity index (χ0v) is 11.2. The van der Waals surface area contributed by atoms with E-state index in [4.69, 9.17) is 4.55 Å². The van der Waals surface area contributed by atoms with Crippen LogP contribution in [0.4, 0.5) is 0 Å². The van der Waals surface area contributed by atoms with E-state index in [1.54, 1.807) is 60.7 Å². The summed E-state index contributed by atoms with van der Waals surface area (Å²) in [6, 6.07) is 16.3. The molecule has 0 amide bonds. The maximum absolute atomic E-state index is 12.3. The lowest BCUT2D eigenvalue weighted by Crippen LogP contribution is -2.19. The molecule has 0 radical (unpaired) electrons. The molecule has 0 aliphatic heterocycles. The maximum atomic E-state index is 12.3. The highest BCUT2D eigenvalue weighted by molar-refractivity contribution is 7.80. The van der Waals surface area contributed by atoms with Gasteiger partial charge in [-0.15, -0.1) is 0 Å². The molecule has 0 bridgehead atoms. The number of hydrogen-bond donors (Lipinski definition) is 1. The van der Waals surface area contributed by atoms with Crippen LogP contribution in [0.25, 0.3) is 0 Å². The first kappa shape index (κ1) is 14.4. The summed E-state index contributed by atoms with van der Waals surface area (Å²) in [5.41, 5.74) is 0.643. The van der Waals surface area contributed by atoms with Crippen LogP contribution in [-0.4, -0.2) is 18.8 Å². The lowest BCUT2D eigenvalue weighted by Gasteiger charge is -2.14. The third kappa shape index (κ3) is 3.74. The van der Waals surface area contributed by atoms with Crippen molar-refractivity contribution >= 4 is 16.2 Å². The van der Waals surface area contributed by atoms with Crippen LogP contribution in [0, 0.1) is 0 Å². The number of carbonyl (C=O) groups is 1. The predicted molar refractivity (Wildman–Crippen MR) is 72.6 cm³/mol. The molecule has 0 spiro atoms. The van der Waals surface area contributed by atoms with E-state index in [2.05, 4.69) is 4.18 Å². The minimum absolute atomic E-state index is 0.296. The molecule has 0 heterocycles. The smallest absolute Gasteiger partial charge is 0.291 e. The Bertz CT molecular complexity index is 680. The van der Waals surface area contributed by atoms with Crippen LogP contribution in [0.15, 0.2) is 60.7 Å². The highest BCUT2D eigenvalue weighted by atomic mass is 32.3. The van der Waals surface area contributed by atoms with Gasteiger partial charge < -0.3 is 0 Å². The predicted octanol–water partition coefficient (Wildman–Crippen LogP) is 2.43. The molecule has 20 heavy (non-hydrogen) atoms. The topological polar surface area (TPSA) is 80.7 Å². The number of benzene rings is 2. The Morgan fingerprint density at radius 1 is 0.950 bits per heavy atom. The van der Waals surface area contributed by atoms with E-state index in [9.17, 15) is 13.2 Å². The van der Waals surface area contributed by atoms with Crippen molar-refractivity contribution in [3.63, 3.8) is 0 Å². The molecule has 104 valence electrons. The molecule has 0 fully saturated rings. The van der Waals surface area contributed by atoms with Gasteiger partial charge in [0, 0.05) is 5.56 Å². The number of rotatable bonds is 5. The van der Waals surface area contributed by atoms with Crippen LogP contribution in [0.2, 0.25) is 0 Å². The van der Waals surface area contributed by atoms with Gasteiger partial charge in [0.1, 0.15) is 0 Å². The monoisotopic (exact) mass is 292 g/mol. The molecular formula is C14H12O5S. The lowest BCUT2D eigenvalue weighted by atomic mass is 10.0.